The van der Waals surface area contributed by atoms with Crippen LogP contribution in [0.2, 0.25) is 10.0 Å². The van der Waals surface area contributed by atoms with Gasteiger partial charge in [-0.05, 0) is 60.4 Å². The number of pyridine rings is 1. The number of hydrogen-bond acceptors (Lipinski definition) is 4. The van der Waals surface area contributed by atoms with Crippen LogP contribution in [-0.4, -0.2) is 23.5 Å². The normalized spacial score (nSPS) is 15.7. The predicted molar refractivity (Wildman–Crippen MR) is 132 cm³/mol. The molecule has 5 nitrogen and oxygen atoms in total. The molecule has 1 aliphatic rings. The molecule has 2 aromatic carbocycles. The topological polar surface area (TPSA) is 68.3 Å². The van der Waals surface area contributed by atoms with Crippen molar-refractivity contribution in [2.45, 2.75) is 40.0 Å². The van der Waals surface area contributed by atoms with Crippen molar-refractivity contribution in [3.8, 4) is 0 Å². The van der Waals surface area contributed by atoms with Crippen LogP contribution < -0.4 is 5.32 Å². The fourth-order valence-electron chi connectivity index (χ4n) is 4.39. The fraction of sp³-hybridized carbons (Fsp3) is 0.346. The van der Waals surface area contributed by atoms with Crippen LogP contribution >= 0.6 is 23.2 Å². The standard InChI is InChI=1S/C26H26Cl2N2O3/c1-26(2,3)15-8-9-22-20(10-15)24(19-6-4-5-7-21(19)30-22)25(32)33-14-23(31)29-18-12-16(27)11-17(28)13-18/h4-7,11-13,15H,8-10,14H2,1-3H3,(H,29,31). The zero-order valence-electron chi connectivity index (χ0n) is 18.9. The number of carbonyl (C=O) groups excluding carboxylic acids is 2. The van der Waals surface area contributed by atoms with Crippen molar-refractivity contribution in [3.05, 3.63) is 69.3 Å². The Morgan fingerprint density at radius 1 is 1.12 bits per heavy atom. The summed E-state index contributed by atoms with van der Waals surface area (Å²) >= 11 is 12.0. The summed E-state index contributed by atoms with van der Waals surface area (Å²) in [6, 6.07) is 12.3. The first-order valence-corrected chi connectivity index (χ1v) is 11.7. The van der Waals surface area contributed by atoms with E-state index in [1.54, 1.807) is 18.2 Å². The van der Waals surface area contributed by atoms with Crippen molar-refractivity contribution >= 4 is 51.7 Å². The zero-order chi connectivity index (χ0) is 23.8. The van der Waals surface area contributed by atoms with E-state index in [1.807, 2.05) is 24.3 Å². The summed E-state index contributed by atoms with van der Waals surface area (Å²) in [7, 11) is 0. The highest BCUT2D eigenvalue weighted by Crippen LogP contribution is 2.39. The summed E-state index contributed by atoms with van der Waals surface area (Å²) in [5.41, 5.74) is 3.71. The minimum Gasteiger partial charge on any atom is -0.452 e. The van der Waals surface area contributed by atoms with Crippen LogP contribution in [0.4, 0.5) is 5.69 Å². The number of rotatable bonds is 4. The number of halogens is 2. The van der Waals surface area contributed by atoms with Crippen LogP contribution in [0.15, 0.2) is 42.5 Å². The van der Waals surface area contributed by atoms with Gasteiger partial charge in [0.05, 0.1) is 11.1 Å². The lowest BCUT2D eigenvalue weighted by molar-refractivity contribution is -0.119. The first kappa shape index (κ1) is 23.5. The Bertz CT molecular complexity index is 1210. The van der Waals surface area contributed by atoms with Crippen LogP contribution in [0.3, 0.4) is 0 Å². The van der Waals surface area contributed by atoms with E-state index < -0.39 is 18.5 Å². The van der Waals surface area contributed by atoms with Gasteiger partial charge in [-0.1, -0.05) is 62.2 Å². The van der Waals surface area contributed by atoms with Crippen LogP contribution in [0.1, 0.15) is 48.8 Å². The van der Waals surface area contributed by atoms with Crippen LogP contribution in [0.25, 0.3) is 10.9 Å². The molecule has 1 heterocycles. The third-order valence-corrected chi connectivity index (χ3v) is 6.61. The van der Waals surface area contributed by atoms with Gasteiger partial charge in [-0.3, -0.25) is 9.78 Å². The van der Waals surface area contributed by atoms with E-state index in [2.05, 4.69) is 26.1 Å². The molecule has 7 heteroatoms. The molecule has 0 radical (unpaired) electrons. The monoisotopic (exact) mass is 484 g/mol. The SMILES string of the molecule is CC(C)(C)C1CCc2nc3ccccc3c(C(=O)OCC(=O)Nc3cc(Cl)cc(Cl)c3)c2C1. The van der Waals surface area contributed by atoms with Gasteiger partial charge in [0, 0.05) is 26.8 Å². The Hall–Kier alpha value is -2.63. The van der Waals surface area contributed by atoms with Gasteiger partial charge in [-0.15, -0.1) is 0 Å². The molecule has 0 fully saturated rings. The molecule has 1 atom stereocenters. The maximum Gasteiger partial charge on any atom is 0.339 e. The molecule has 3 aromatic rings. The number of benzene rings is 2. The molecular weight excluding hydrogens is 459 g/mol. The lowest BCUT2D eigenvalue weighted by atomic mass is 9.70. The van der Waals surface area contributed by atoms with Crippen molar-refractivity contribution < 1.29 is 14.3 Å². The fourth-order valence-corrected chi connectivity index (χ4v) is 4.91. The number of anilines is 1. The number of aromatic nitrogens is 1. The number of aryl methyl sites for hydroxylation is 1. The second kappa shape index (κ2) is 9.32. The lowest BCUT2D eigenvalue weighted by Gasteiger charge is -2.35. The Balaban J connectivity index is 1.59. The Morgan fingerprint density at radius 2 is 1.82 bits per heavy atom. The smallest absolute Gasteiger partial charge is 0.339 e. The lowest BCUT2D eigenvalue weighted by Crippen LogP contribution is -2.29. The van der Waals surface area contributed by atoms with Crippen LogP contribution in [0, 0.1) is 11.3 Å². The largest absolute Gasteiger partial charge is 0.452 e. The van der Waals surface area contributed by atoms with Gasteiger partial charge < -0.3 is 10.1 Å². The third kappa shape index (κ3) is 5.31. The molecule has 1 amide bonds. The van der Waals surface area contributed by atoms with Gasteiger partial charge in [0.1, 0.15) is 0 Å². The van der Waals surface area contributed by atoms with Crippen molar-refractivity contribution in [1.29, 1.82) is 0 Å². The van der Waals surface area contributed by atoms with Crippen molar-refractivity contribution in [3.63, 3.8) is 0 Å². The Kier molecular flexibility index (Phi) is 6.64. The van der Waals surface area contributed by atoms with Crippen molar-refractivity contribution in [2.75, 3.05) is 11.9 Å². The van der Waals surface area contributed by atoms with Crippen LogP contribution in [0.5, 0.6) is 0 Å². The van der Waals surface area contributed by atoms with E-state index in [4.69, 9.17) is 32.9 Å². The minimum absolute atomic E-state index is 0.114. The molecule has 0 bridgehead atoms. The highest BCUT2D eigenvalue weighted by atomic mass is 35.5. The molecule has 4 rings (SSSR count). The summed E-state index contributed by atoms with van der Waals surface area (Å²) < 4.78 is 5.47. The highest BCUT2D eigenvalue weighted by Gasteiger charge is 2.33. The number of hydrogen-bond donors (Lipinski definition) is 1. The van der Waals surface area contributed by atoms with E-state index in [9.17, 15) is 9.59 Å². The predicted octanol–water partition coefficient (Wildman–Crippen LogP) is 6.49. The summed E-state index contributed by atoms with van der Waals surface area (Å²) in [6.45, 7) is 6.25. The summed E-state index contributed by atoms with van der Waals surface area (Å²) in [5.74, 6) is -0.560. The molecule has 0 aliphatic heterocycles. The van der Waals surface area contributed by atoms with E-state index in [0.717, 1.165) is 41.4 Å². The number of amides is 1. The van der Waals surface area contributed by atoms with Gasteiger partial charge >= 0.3 is 5.97 Å². The van der Waals surface area contributed by atoms with E-state index in [-0.39, 0.29) is 5.41 Å². The molecule has 172 valence electrons. The highest BCUT2D eigenvalue weighted by molar-refractivity contribution is 6.35. The second-order valence-corrected chi connectivity index (χ2v) is 10.4. The van der Waals surface area contributed by atoms with E-state index in [0.29, 0.717) is 27.2 Å². The minimum atomic E-state index is -0.515. The Morgan fingerprint density at radius 3 is 2.52 bits per heavy atom. The molecule has 1 aliphatic carbocycles. The zero-order valence-corrected chi connectivity index (χ0v) is 20.4. The quantitative estimate of drug-likeness (QED) is 0.429. The van der Waals surface area contributed by atoms with Gasteiger partial charge in [-0.25, -0.2) is 4.79 Å². The molecule has 0 saturated carbocycles. The van der Waals surface area contributed by atoms with E-state index in [1.165, 1.54) is 0 Å². The average Bonchev–Trinajstić information content (AvgIpc) is 2.74. The maximum atomic E-state index is 13.3. The van der Waals surface area contributed by atoms with Crippen molar-refractivity contribution in [2.24, 2.45) is 11.3 Å². The van der Waals surface area contributed by atoms with Gasteiger partial charge in [-0.2, -0.15) is 0 Å². The van der Waals surface area contributed by atoms with E-state index >= 15 is 0 Å². The molecule has 1 unspecified atom stereocenters. The summed E-state index contributed by atoms with van der Waals surface area (Å²) in [6.07, 6.45) is 2.60. The van der Waals surface area contributed by atoms with Crippen molar-refractivity contribution in [1.82, 2.24) is 4.98 Å². The first-order valence-electron chi connectivity index (χ1n) is 11.0. The number of para-hydroxylation sites is 1. The number of esters is 1. The average molecular weight is 485 g/mol. The van der Waals surface area contributed by atoms with Gasteiger partial charge in [0.2, 0.25) is 0 Å². The Labute approximate surface area is 203 Å². The molecule has 1 N–H and O–H groups in total. The molecule has 33 heavy (non-hydrogen) atoms. The molecular formula is C26H26Cl2N2O3. The number of carbonyl (C=O) groups is 2. The molecule has 0 saturated heterocycles. The number of fused-ring (bicyclic) bond motifs is 2. The number of ether oxygens (including phenoxy) is 1. The molecule has 0 spiro atoms. The first-order chi connectivity index (χ1) is 15.6. The van der Waals surface area contributed by atoms with Gasteiger partial charge in [0.25, 0.3) is 5.91 Å². The third-order valence-electron chi connectivity index (χ3n) is 6.17. The molecule has 1 aromatic heterocycles. The second-order valence-electron chi connectivity index (χ2n) is 9.52. The van der Waals surface area contributed by atoms with Crippen LogP contribution in [-0.2, 0) is 22.4 Å². The maximum absolute atomic E-state index is 13.3. The number of nitrogens with one attached hydrogen (secondary N) is 1. The summed E-state index contributed by atoms with van der Waals surface area (Å²) in [5, 5.41) is 4.21. The summed E-state index contributed by atoms with van der Waals surface area (Å²) in [4.78, 5) is 30.5. The van der Waals surface area contributed by atoms with Gasteiger partial charge in [0.15, 0.2) is 6.61 Å². The number of nitrogens with zero attached hydrogens (tertiary/aromatic N) is 1.